The second kappa shape index (κ2) is 8.29. The summed E-state index contributed by atoms with van der Waals surface area (Å²) >= 11 is 8.36. The van der Waals surface area contributed by atoms with Gasteiger partial charge in [0.2, 0.25) is 0 Å². The fraction of sp³-hybridized carbons (Fsp3) is 0.538. The fourth-order valence-electron chi connectivity index (χ4n) is 1.85. The van der Waals surface area contributed by atoms with Gasteiger partial charge in [0.15, 0.2) is 0 Å². The van der Waals surface area contributed by atoms with E-state index in [1.54, 1.807) is 0 Å². The zero-order valence-corrected chi connectivity index (χ0v) is 13.1. The predicted molar refractivity (Wildman–Crippen MR) is 83.0 cm³/mol. The lowest BCUT2D eigenvalue weighted by molar-refractivity contribution is 0.482. The molecule has 0 aliphatic heterocycles. The van der Waals surface area contributed by atoms with Gasteiger partial charge in [-0.1, -0.05) is 50.3 Å². The molecule has 0 spiro atoms. The molecule has 2 nitrogen and oxygen atoms in total. The van der Waals surface area contributed by atoms with Crippen molar-refractivity contribution in [1.29, 1.82) is 0 Å². The van der Waals surface area contributed by atoms with Crippen LogP contribution in [0.3, 0.4) is 0 Å². The Bertz CT molecular complexity index is 344. The number of nitrogens with two attached hydrogens (primary N) is 1. The molecule has 0 amide bonds. The highest BCUT2D eigenvalue weighted by atomic mass is 127. The highest BCUT2D eigenvalue weighted by Crippen LogP contribution is 2.25. The van der Waals surface area contributed by atoms with Gasteiger partial charge in [-0.2, -0.15) is 0 Å². The van der Waals surface area contributed by atoms with Crippen LogP contribution < -0.4 is 11.3 Å². The van der Waals surface area contributed by atoms with E-state index < -0.39 is 0 Å². The minimum atomic E-state index is 0.210. The monoisotopic (exact) mass is 366 g/mol. The molecule has 1 atom stereocenters. The number of nitrogens with one attached hydrogen (secondary N) is 1. The van der Waals surface area contributed by atoms with E-state index in [1.807, 2.05) is 12.1 Å². The number of benzene rings is 1. The normalized spacial score (nSPS) is 12.7. The first-order chi connectivity index (χ1) is 8.19. The lowest BCUT2D eigenvalue weighted by Gasteiger charge is -2.16. The van der Waals surface area contributed by atoms with Gasteiger partial charge in [0.1, 0.15) is 0 Å². The van der Waals surface area contributed by atoms with E-state index in [9.17, 15) is 0 Å². The van der Waals surface area contributed by atoms with Gasteiger partial charge in [-0.05, 0) is 46.7 Å². The minimum Gasteiger partial charge on any atom is -0.271 e. The van der Waals surface area contributed by atoms with Crippen LogP contribution in [0.15, 0.2) is 18.2 Å². The average molecular weight is 367 g/mol. The van der Waals surface area contributed by atoms with Crippen molar-refractivity contribution in [2.45, 2.75) is 45.1 Å². The van der Waals surface area contributed by atoms with E-state index in [1.165, 1.54) is 31.2 Å². The van der Waals surface area contributed by atoms with Crippen molar-refractivity contribution in [3.63, 3.8) is 0 Å². The molecular formula is C13H20ClIN2. The Labute approximate surface area is 122 Å². The standard InChI is InChI=1S/C13H20ClIN2/c1-2-3-4-5-6-13(17-16)10-7-8-12(15)11(14)9-10/h7-9,13,17H,2-6,16H2,1H3. The van der Waals surface area contributed by atoms with E-state index in [4.69, 9.17) is 17.4 Å². The van der Waals surface area contributed by atoms with Crippen LogP contribution in [0, 0.1) is 3.57 Å². The molecule has 3 N–H and O–H groups in total. The Morgan fingerprint density at radius 3 is 2.71 bits per heavy atom. The molecule has 0 saturated heterocycles. The molecule has 96 valence electrons. The SMILES string of the molecule is CCCCCCC(NN)c1ccc(I)c(Cl)c1. The Kier molecular flexibility index (Phi) is 7.43. The van der Waals surface area contributed by atoms with E-state index in [0.29, 0.717) is 0 Å². The number of hydrazine groups is 1. The summed E-state index contributed by atoms with van der Waals surface area (Å²) < 4.78 is 1.08. The molecule has 0 aromatic heterocycles. The first-order valence-electron chi connectivity index (χ1n) is 6.10. The molecule has 4 heteroatoms. The number of hydrogen-bond acceptors (Lipinski definition) is 2. The van der Waals surface area contributed by atoms with Gasteiger partial charge in [0, 0.05) is 9.61 Å². The molecule has 17 heavy (non-hydrogen) atoms. The molecule has 1 aromatic carbocycles. The Balaban J connectivity index is 2.56. The second-order valence-electron chi connectivity index (χ2n) is 4.24. The topological polar surface area (TPSA) is 38.0 Å². The summed E-state index contributed by atoms with van der Waals surface area (Å²) in [5, 5.41) is 0.803. The van der Waals surface area contributed by atoms with Gasteiger partial charge in [0.25, 0.3) is 0 Å². The van der Waals surface area contributed by atoms with Crippen LogP contribution in [0.5, 0.6) is 0 Å². The third-order valence-corrected chi connectivity index (χ3v) is 4.47. The van der Waals surface area contributed by atoms with Crippen LogP contribution >= 0.6 is 34.2 Å². The minimum absolute atomic E-state index is 0.210. The van der Waals surface area contributed by atoms with Crippen molar-refractivity contribution in [1.82, 2.24) is 5.43 Å². The van der Waals surface area contributed by atoms with Crippen molar-refractivity contribution in [3.8, 4) is 0 Å². The summed E-state index contributed by atoms with van der Waals surface area (Å²) in [6.45, 7) is 2.22. The van der Waals surface area contributed by atoms with Gasteiger partial charge in [0.05, 0.1) is 5.02 Å². The summed E-state index contributed by atoms with van der Waals surface area (Å²) in [4.78, 5) is 0. The zero-order valence-electron chi connectivity index (χ0n) is 10.2. The first-order valence-corrected chi connectivity index (χ1v) is 7.55. The molecule has 1 unspecified atom stereocenters. The van der Waals surface area contributed by atoms with Crippen molar-refractivity contribution < 1.29 is 0 Å². The Morgan fingerprint density at radius 1 is 1.35 bits per heavy atom. The molecular weight excluding hydrogens is 347 g/mol. The molecule has 0 radical (unpaired) electrons. The third-order valence-electron chi connectivity index (χ3n) is 2.89. The van der Waals surface area contributed by atoms with E-state index in [2.05, 4.69) is 41.0 Å². The first kappa shape index (κ1) is 15.2. The van der Waals surface area contributed by atoms with Gasteiger partial charge < -0.3 is 0 Å². The zero-order chi connectivity index (χ0) is 12.7. The van der Waals surface area contributed by atoms with Crippen LogP contribution in [0.1, 0.15) is 50.6 Å². The molecule has 0 heterocycles. The van der Waals surface area contributed by atoms with Crippen LogP contribution in [0.4, 0.5) is 0 Å². The molecule has 0 saturated carbocycles. The van der Waals surface area contributed by atoms with Crippen LogP contribution in [0.2, 0.25) is 5.02 Å². The van der Waals surface area contributed by atoms with E-state index in [0.717, 1.165) is 15.0 Å². The third kappa shape index (κ3) is 5.12. The lowest BCUT2D eigenvalue weighted by Crippen LogP contribution is -2.28. The van der Waals surface area contributed by atoms with Gasteiger partial charge in [-0.25, -0.2) is 0 Å². The second-order valence-corrected chi connectivity index (χ2v) is 5.81. The van der Waals surface area contributed by atoms with Crippen LogP contribution in [-0.4, -0.2) is 0 Å². The molecule has 0 aliphatic carbocycles. The smallest absolute Gasteiger partial charge is 0.0542 e. The lowest BCUT2D eigenvalue weighted by atomic mass is 10.0. The summed E-state index contributed by atoms with van der Waals surface area (Å²) in [6.07, 6.45) is 6.09. The predicted octanol–water partition coefficient (Wildman–Crippen LogP) is 4.42. The van der Waals surface area contributed by atoms with Crippen LogP contribution in [0.25, 0.3) is 0 Å². The highest BCUT2D eigenvalue weighted by Gasteiger charge is 2.10. The maximum absolute atomic E-state index is 6.12. The Hall–Kier alpha value is 0.160. The summed E-state index contributed by atoms with van der Waals surface area (Å²) in [5.74, 6) is 5.61. The van der Waals surface area contributed by atoms with Crippen molar-refractivity contribution in [3.05, 3.63) is 32.4 Å². The van der Waals surface area contributed by atoms with Crippen molar-refractivity contribution >= 4 is 34.2 Å². The summed E-state index contributed by atoms with van der Waals surface area (Å²) in [6, 6.07) is 6.35. The largest absolute Gasteiger partial charge is 0.271 e. The van der Waals surface area contributed by atoms with Crippen LogP contribution in [-0.2, 0) is 0 Å². The highest BCUT2D eigenvalue weighted by molar-refractivity contribution is 14.1. The van der Waals surface area contributed by atoms with Gasteiger partial charge in [-0.15, -0.1) is 0 Å². The Morgan fingerprint density at radius 2 is 2.12 bits per heavy atom. The average Bonchev–Trinajstić information content (AvgIpc) is 2.33. The van der Waals surface area contributed by atoms with Crippen molar-refractivity contribution in [2.75, 3.05) is 0 Å². The maximum Gasteiger partial charge on any atom is 0.0542 e. The van der Waals surface area contributed by atoms with Gasteiger partial charge >= 0.3 is 0 Å². The molecule has 0 fully saturated rings. The van der Waals surface area contributed by atoms with Gasteiger partial charge in [-0.3, -0.25) is 11.3 Å². The van der Waals surface area contributed by atoms with Crippen molar-refractivity contribution in [2.24, 2.45) is 5.84 Å². The quantitative estimate of drug-likeness (QED) is 0.324. The van der Waals surface area contributed by atoms with E-state index in [-0.39, 0.29) is 6.04 Å². The fourth-order valence-corrected chi connectivity index (χ4v) is 2.38. The molecule has 1 aromatic rings. The number of halogens is 2. The molecule has 0 bridgehead atoms. The summed E-state index contributed by atoms with van der Waals surface area (Å²) in [7, 11) is 0. The summed E-state index contributed by atoms with van der Waals surface area (Å²) in [5.41, 5.74) is 4.06. The molecule has 0 aliphatic rings. The number of unbranched alkanes of at least 4 members (excludes halogenated alkanes) is 3. The number of rotatable bonds is 7. The van der Waals surface area contributed by atoms with E-state index >= 15 is 0 Å². The maximum atomic E-state index is 6.12. The molecule has 1 rings (SSSR count). The number of hydrogen-bond donors (Lipinski definition) is 2.